The molecule has 0 saturated carbocycles. The maximum Gasteiger partial charge on any atom is 0.241 e. The molecule has 1 fully saturated rings. The van der Waals surface area contributed by atoms with Crippen LogP contribution in [-0.2, 0) is 4.79 Å². The molecule has 1 aromatic carbocycles. The number of anilines is 1. The molecule has 19 heavy (non-hydrogen) atoms. The number of nitrogens with one attached hydrogen (secondary N) is 1. The Labute approximate surface area is 116 Å². The van der Waals surface area contributed by atoms with Crippen LogP contribution >= 0.6 is 0 Å². The third kappa shape index (κ3) is 3.98. The van der Waals surface area contributed by atoms with Crippen molar-refractivity contribution in [2.75, 3.05) is 11.6 Å². The highest BCUT2D eigenvalue weighted by Gasteiger charge is 2.26. The maximum absolute atomic E-state index is 12.1. The fourth-order valence-corrected chi connectivity index (χ4v) is 2.59. The molecule has 0 aliphatic carbocycles. The fourth-order valence-electron chi connectivity index (χ4n) is 2.59. The van der Waals surface area contributed by atoms with E-state index in [0.29, 0.717) is 0 Å². The van der Waals surface area contributed by atoms with E-state index in [1.807, 2.05) is 35.3 Å². The minimum absolute atomic E-state index is 0.187. The molecule has 1 saturated heterocycles. The van der Waals surface area contributed by atoms with Crippen molar-refractivity contribution in [3.05, 3.63) is 30.3 Å². The van der Waals surface area contributed by atoms with Crippen LogP contribution in [0.3, 0.4) is 0 Å². The molecule has 1 N–H and O–H groups in total. The second-order valence-electron chi connectivity index (χ2n) is 5.30. The Hall–Kier alpha value is -1.51. The summed E-state index contributed by atoms with van der Waals surface area (Å²) in [5, 5.41) is 1.96. The third-order valence-corrected chi connectivity index (χ3v) is 3.79. The molecule has 0 spiro atoms. The molecule has 1 aromatic rings. The van der Waals surface area contributed by atoms with Crippen LogP contribution in [0.5, 0.6) is 0 Å². The van der Waals surface area contributed by atoms with Gasteiger partial charge in [-0.1, -0.05) is 50.8 Å². The van der Waals surface area contributed by atoms with Gasteiger partial charge in [-0.25, -0.2) is 0 Å². The Kier molecular flexibility index (Phi) is 5.25. The number of carbonyl (C=O) groups excluding carboxylic acids is 1. The van der Waals surface area contributed by atoms with Crippen LogP contribution in [0.2, 0.25) is 0 Å². The predicted octanol–water partition coefficient (Wildman–Crippen LogP) is 3.51. The van der Waals surface area contributed by atoms with Crippen LogP contribution in [0.15, 0.2) is 30.3 Å². The van der Waals surface area contributed by atoms with E-state index in [0.717, 1.165) is 25.1 Å². The molecule has 1 aliphatic rings. The molecule has 0 radical (unpaired) electrons. The lowest BCUT2D eigenvalue weighted by Crippen LogP contribution is -2.51. The van der Waals surface area contributed by atoms with Crippen molar-refractivity contribution in [1.29, 1.82) is 0 Å². The zero-order valence-electron chi connectivity index (χ0n) is 11.8. The number of benzene rings is 1. The predicted molar refractivity (Wildman–Crippen MR) is 78.8 cm³/mol. The SMILES string of the molecule is CCCCCCC1CCN(c2ccccc2)NC1=O. The summed E-state index contributed by atoms with van der Waals surface area (Å²) in [6.07, 6.45) is 6.96. The zero-order chi connectivity index (χ0) is 13.5. The van der Waals surface area contributed by atoms with Crippen molar-refractivity contribution < 1.29 is 4.79 Å². The lowest BCUT2D eigenvalue weighted by Gasteiger charge is -2.33. The summed E-state index contributed by atoms with van der Waals surface area (Å²) < 4.78 is 0. The van der Waals surface area contributed by atoms with E-state index in [1.165, 1.54) is 25.7 Å². The summed E-state index contributed by atoms with van der Waals surface area (Å²) in [5.41, 5.74) is 4.09. The van der Waals surface area contributed by atoms with Crippen molar-refractivity contribution >= 4 is 11.6 Å². The number of hydrogen-bond acceptors (Lipinski definition) is 2. The molecule has 2 rings (SSSR count). The van der Waals surface area contributed by atoms with E-state index in [9.17, 15) is 4.79 Å². The van der Waals surface area contributed by atoms with Gasteiger partial charge in [0.2, 0.25) is 5.91 Å². The van der Waals surface area contributed by atoms with Gasteiger partial charge >= 0.3 is 0 Å². The molecule has 1 aliphatic heterocycles. The number of rotatable bonds is 6. The fraction of sp³-hybridized carbons (Fsp3) is 0.562. The second-order valence-corrected chi connectivity index (χ2v) is 5.30. The molecule has 3 heteroatoms. The van der Waals surface area contributed by atoms with Crippen LogP contribution in [0.4, 0.5) is 5.69 Å². The molecular formula is C16H24N2O. The van der Waals surface area contributed by atoms with Crippen LogP contribution in [0, 0.1) is 5.92 Å². The van der Waals surface area contributed by atoms with Crippen LogP contribution in [0.25, 0.3) is 0 Å². The Balaban J connectivity index is 1.80. The highest BCUT2D eigenvalue weighted by molar-refractivity contribution is 5.81. The number of hydrazine groups is 1. The summed E-state index contributed by atoms with van der Waals surface area (Å²) in [4.78, 5) is 12.1. The van der Waals surface area contributed by atoms with Crippen LogP contribution in [-0.4, -0.2) is 12.5 Å². The highest BCUT2D eigenvalue weighted by atomic mass is 16.2. The Morgan fingerprint density at radius 2 is 2.00 bits per heavy atom. The Morgan fingerprint density at radius 3 is 2.68 bits per heavy atom. The van der Waals surface area contributed by atoms with Gasteiger partial charge in [0, 0.05) is 12.5 Å². The number of carbonyl (C=O) groups is 1. The summed E-state index contributed by atoms with van der Waals surface area (Å²) in [5.74, 6) is 0.392. The first kappa shape index (κ1) is 13.9. The van der Waals surface area contributed by atoms with E-state index < -0.39 is 0 Å². The van der Waals surface area contributed by atoms with E-state index >= 15 is 0 Å². The molecule has 1 atom stereocenters. The molecule has 104 valence electrons. The number of para-hydroxylation sites is 1. The monoisotopic (exact) mass is 260 g/mol. The van der Waals surface area contributed by atoms with E-state index in [2.05, 4.69) is 12.3 Å². The van der Waals surface area contributed by atoms with Crippen LogP contribution in [0.1, 0.15) is 45.4 Å². The average molecular weight is 260 g/mol. The van der Waals surface area contributed by atoms with Gasteiger partial charge in [-0.2, -0.15) is 0 Å². The minimum atomic E-state index is 0.187. The summed E-state index contributed by atoms with van der Waals surface area (Å²) in [7, 11) is 0. The normalized spacial score (nSPS) is 19.3. The van der Waals surface area contributed by atoms with Crippen molar-refractivity contribution in [3.8, 4) is 0 Å². The summed E-state index contributed by atoms with van der Waals surface area (Å²) in [6.45, 7) is 3.12. The first-order valence-corrected chi connectivity index (χ1v) is 7.44. The van der Waals surface area contributed by atoms with Gasteiger partial charge in [0.15, 0.2) is 0 Å². The van der Waals surface area contributed by atoms with Crippen molar-refractivity contribution in [3.63, 3.8) is 0 Å². The molecule has 0 aromatic heterocycles. The van der Waals surface area contributed by atoms with Gasteiger partial charge in [0.25, 0.3) is 0 Å². The van der Waals surface area contributed by atoms with E-state index in [1.54, 1.807) is 0 Å². The van der Waals surface area contributed by atoms with Crippen molar-refractivity contribution in [1.82, 2.24) is 5.43 Å². The quantitative estimate of drug-likeness (QED) is 0.794. The first-order chi connectivity index (χ1) is 9.31. The molecule has 3 nitrogen and oxygen atoms in total. The van der Waals surface area contributed by atoms with E-state index in [4.69, 9.17) is 0 Å². The average Bonchev–Trinajstić information content (AvgIpc) is 2.46. The lowest BCUT2D eigenvalue weighted by molar-refractivity contribution is -0.126. The third-order valence-electron chi connectivity index (χ3n) is 3.79. The first-order valence-electron chi connectivity index (χ1n) is 7.44. The number of nitrogens with zero attached hydrogens (tertiary/aromatic N) is 1. The van der Waals surface area contributed by atoms with Crippen molar-refractivity contribution in [2.45, 2.75) is 45.4 Å². The molecule has 0 bridgehead atoms. The number of hydrogen-bond donors (Lipinski definition) is 1. The van der Waals surface area contributed by atoms with Gasteiger partial charge in [-0.05, 0) is 25.0 Å². The van der Waals surface area contributed by atoms with Crippen molar-refractivity contribution in [2.24, 2.45) is 5.92 Å². The molecular weight excluding hydrogens is 236 g/mol. The maximum atomic E-state index is 12.1. The summed E-state index contributed by atoms with van der Waals surface area (Å²) >= 11 is 0. The zero-order valence-corrected chi connectivity index (χ0v) is 11.8. The second kappa shape index (κ2) is 7.17. The smallest absolute Gasteiger partial charge is 0.241 e. The Morgan fingerprint density at radius 1 is 1.21 bits per heavy atom. The molecule has 1 amide bonds. The van der Waals surface area contributed by atoms with Gasteiger partial charge in [0.1, 0.15) is 0 Å². The highest BCUT2D eigenvalue weighted by Crippen LogP contribution is 2.22. The number of amides is 1. The standard InChI is InChI=1S/C16H24N2O/c1-2-3-4-6-9-14-12-13-18(17-16(14)19)15-10-7-5-8-11-15/h5,7-8,10-11,14H,2-4,6,9,12-13H2,1H3,(H,17,19). The van der Waals surface area contributed by atoms with Gasteiger partial charge < -0.3 is 0 Å². The lowest BCUT2D eigenvalue weighted by atomic mass is 9.95. The van der Waals surface area contributed by atoms with Gasteiger partial charge in [0.05, 0.1) is 5.69 Å². The topological polar surface area (TPSA) is 32.3 Å². The minimum Gasteiger partial charge on any atom is -0.286 e. The molecule has 1 heterocycles. The van der Waals surface area contributed by atoms with Crippen LogP contribution < -0.4 is 10.4 Å². The molecule has 1 unspecified atom stereocenters. The number of unbranched alkanes of at least 4 members (excludes halogenated alkanes) is 3. The summed E-state index contributed by atoms with van der Waals surface area (Å²) in [6, 6.07) is 10.0. The Bertz CT molecular complexity index is 391. The van der Waals surface area contributed by atoms with Gasteiger partial charge in [-0.15, -0.1) is 0 Å². The van der Waals surface area contributed by atoms with Gasteiger partial charge in [-0.3, -0.25) is 15.2 Å². The van der Waals surface area contributed by atoms with E-state index in [-0.39, 0.29) is 11.8 Å². The largest absolute Gasteiger partial charge is 0.286 e.